The maximum Gasteiger partial charge on any atom is 0.211 e. The van der Waals surface area contributed by atoms with Gasteiger partial charge in [0.25, 0.3) is 0 Å². The molecule has 7 heteroatoms. The number of imidazole rings is 1. The summed E-state index contributed by atoms with van der Waals surface area (Å²) in [4.78, 5) is 6.85. The Morgan fingerprint density at radius 1 is 1.35 bits per heavy atom. The molecule has 1 N–H and O–H groups in total. The molecule has 0 aliphatic carbocycles. The van der Waals surface area contributed by atoms with Crippen molar-refractivity contribution >= 4 is 21.1 Å². The number of para-hydroxylation sites is 2. The number of likely N-dealkylation sites (tertiary alicyclic amines) is 1. The molecule has 2 aromatic rings. The minimum absolute atomic E-state index is 0.193. The third-order valence-electron chi connectivity index (χ3n) is 4.55. The number of benzene rings is 1. The van der Waals surface area contributed by atoms with Crippen LogP contribution in [0, 0.1) is 0 Å². The quantitative estimate of drug-likeness (QED) is 0.870. The van der Waals surface area contributed by atoms with Crippen molar-refractivity contribution in [1.29, 1.82) is 0 Å². The van der Waals surface area contributed by atoms with E-state index in [-0.39, 0.29) is 5.75 Å². The second kappa shape index (κ2) is 6.98. The van der Waals surface area contributed by atoms with Crippen LogP contribution < -0.4 is 4.72 Å². The standard InChI is InChI=1S/C16H24N4O2S/c1-17-23(21,22)11-5-10-19-9-4-6-14(12-19)20-13-18-15-7-2-3-8-16(15)20/h2-3,7-8,13-14,17H,4-6,9-12H2,1H3. The SMILES string of the molecule is CNS(=O)(=O)CCCN1CCCC(n2cnc3ccccc32)C1. The van der Waals surface area contributed by atoms with Crippen LogP contribution in [0.25, 0.3) is 11.0 Å². The molecule has 1 aliphatic heterocycles. The zero-order valence-corrected chi connectivity index (χ0v) is 14.3. The first-order valence-corrected chi connectivity index (χ1v) is 9.79. The van der Waals surface area contributed by atoms with Crippen molar-refractivity contribution in [2.24, 2.45) is 0 Å². The van der Waals surface area contributed by atoms with E-state index >= 15 is 0 Å². The van der Waals surface area contributed by atoms with Gasteiger partial charge in [0.15, 0.2) is 0 Å². The lowest BCUT2D eigenvalue weighted by Gasteiger charge is -2.33. The first-order chi connectivity index (χ1) is 11.1. The molecule has 1 saturated heterocycles. The smallest absolute Gasteiger partial charge is 0.211 e. The Morgan fingerprint density at radius 2 is 2.17 bits per heavy atom. The van der Waals surface area contributed by atoms with E-state index in [1.54, 1.807) is 0 Å². The number of hydrogen-bond acceptors (Lipinski definition) is 4. The molecular formula is C16H24N4O2S. The van der Waals surface area contributed by atoms with Crippen LogP contribution in [-0.2, 0) is 10.0 Å². The van der Waals surface area contributed by atoms with Gasteiger partial charge in [-0.1, -0.05) is 12.1 Å². The van der Waals surface area contributed by atoms with Gasteiger partial charge in [-0.2, -0.15) is 0 Å². The number of sulfonamides is 1. The average molecular weight is 336 g/mol. The van der Waals surface area contributed by atoms with E-state index < -0.39 is 10.0 Å². The summed E-state index contributed by atoms with van der Waals surface area (Å²) in [5, 5.41) is 0. The van der Waals surface area contributed by atoms with Crippen LogP contribution in [0.15, 0.2) is 30.6 Å². The number of nitrogens with zero attached hydrogens (tertiary/aromatic N) is 3. The molecule has 3 rings (SSSR count). The second-order valence-electron chi connectivity index (χ2n) is 6.11. The lowest BCUT2D eigenvalue weighted by Crippen LogP contribution is -2.38. The maximum atomic E-state index is 11.5. The summed E-state index contributed by atoms with van der Waals surface area (Å²) in [6.07, 6.45) is 4.88. The molecule has 126 valence electrons. The number of fused-ring (bicyclic) bond motifs is 1. The van der Waals surface area contributed by atoms with Crippen LogP contribution in [0.1, 0.15) is 25.3 Å². The summed E-state index contributed by atoms with van der Waals surface area (Å²) in [5.41, 5.74) is 2.21. The van der Waals surface area contributed by atoms with Gasteiger partial charge in [0.1, 0.15) is 0 Å². The van der Waals surface area contributed by atoms with Gasteiger partial charge in [-0.25, -0.2) is 18.1 Å². The first-order valence-electron chi connectivity index (χ1n) is 8.14. The van der Waals surface area contributed by atoms with Gasteiger partial charge in [0.05, 0.1) is 23.1 Å². The third-order valence-corrected chi connectivity index (χ3v) is 6.00. The van der Waals surface area contributed by atoms with Gasteiger partial charge >= 0.3 is 0 Å². The Kier molecular flexibility index (Phi) is 4.99. The monoisotopic (exact) mass is 336 g/mol. The van der Waals surface area contributed by atoms with Gasteiger partial charge in [0, 0.05) is 12.6 Å². The van der Waals surface area contributed by atoms with Crippen LogP contribution in [0.2, 0.25) is 0 Å². The van der Waals surface area contributed by atoms with E-state index in [2.05, 4.69) is 25.2 Å². The molecule has 1 aromatic carbocycles. The summed E-state index contributed by atoms with van der Waals surface area (Å²) in [7, 11) is -1.63. The molecule has 0 radical (unpaired) electrons. The van der Waals surface area contributed by atoms with Crippen LogP contribution in [0.3, 0.4) is 0 Å². The van der Waals surface area contributed by atoms with Crippen molar-refractivity contribution in [2.45, 2.75) is 25.3 Å². The second-order valence-corrected chi connectivity index (χ2v) is 8.16. The molecule has 0 amide bonds. The molecule has 0 bridgehead atoms. The fourth-order valence-corrected chi connectivity index (χ4v) is 4.02. The van der Waals surface area contributed by atoms with Crippen molar-refractivity contribution < 1.29 is 8.42 Å². The van der Waals surface area contributed by atoms with Gasteiger partial charge in [-0.3, -0.25) is 0 Å². The number of nitrogens with one attached hydrogen (secondary N) is 1. The Bertz CT molecular complexity index is 756. The summed E-state index contributed by atoms with van der Waals surface area (Å²) in [5.74, 6) is 0.193. The Labute approximate surface area is 137 Å². The van der Waals surface area contributed by atoms with Gasteiger partial charge in [-0.15, -0.1) is 0 Å². The predicted molar refractivity (Wildman–Crippen MR) is 91.9 cm³/mol. The fourth-order valence-electron chi connectivity index (χ4n) is 3.31. The molecule has 1 unspecified atom stereocenters. The van der Waals surface area contributed by atoms with Crippen molar-refractivity contribution in [3.05, 3.63) is 30.6 Å². The topological polar surface area (TPSA) is 67.2 Å². The van der Waals surface area contributed by atoms with Crippen molar-refractivity contribution in [3.63, 3.8) is 0 Å². The fraction of sp³-hybridized carbons (Fsp3) is 0.562. The third kappa shape index (κ3) is 3.91. The minimum atomic E-state index is -3.10. The minimum Gasteiger partial charge on any atom is -0.326 e. The molecular weight excluding hydrogens is 312 g/mol. The van der Waals surface area contributed by atoms with E-state index in [1.165, 1.54) is 12.6 Å². The highest BCUT2D eigenvalue weighted by molar-refractivity contribution is 7.89. The van der Waals surface area contributed by atoms with E-state index in [9.17, 15) is 8.42 Å². The first kappa shape index (κ1) is 16.4. The zero-order valence-electron chi connectivity index (χ0n) is 13.5. The van der Waals surface area contributed by atoms with Gasteiger partial charge in [0.2, 0.25) is 10.0 Å². The summed E-state index contributed by atoms with van der Waals surface area (Å²) >= 11 is 0. The van der Waals surface area contributed by atoms with Crippen molar-refractivity contribution in [1.82, 2.24) is 19.2 Å². The lowest BCUT2D eigenvalue weighted by atomic mass is 10.1. The van der Waals surface area contributed by atoms with Crippen LogP contribution in [-0.4, -0.2) is 55.3 Å². The van der Waals surface area contributed by atoms with Crippen LogP contribution >= 0.6 is 0 Å². The number of rotatable bonds is 6. The highest BCUT2D eigenvalue weighted by Crippen LogP contribution is 2.25. The highest BCUT2D eigenvalue weighted by atomic mass is 32.2. The van der Waals surface area contributed by atoms with Gasteiger partial charge in [-0.05, 0) is 51.5 Å². The molecule has 6 nitrogen and oxygen atoms in total. The normalized spacial score (nSPS) is 20.1. The van der Waals surface area contributed by atoms with Crippen LogP contribution in [0.4, 0.5) is 0 Å². The summed E-state index contributed by atoms with van der Waals surface area (Å²) in [6.45, 7) is 2.83. The van der Waals surface area contributed by atoms with E-state index in [0.717, 1.165) is 38.0 Å². The molecule has 1 aliphatic rings. The molecule has 0 saturated carbocycles. The largest absolute Gasteiger partial charge is 0.326 e. The summed E-state index contributed by atoms with van der Waals surface area (Å²) in [6, 6.07) is 8.62. The molecule has 0 spiro atoms. The molecule has 23 heavy (non-hydrogen) atoms. The molecule has 1 atom stereocenters. The van der Waals surface area contributed by atoms with Gasteiger partial charge < -0.3 is 9.47 Å². The highest BCUT2D eigenvalue weighted by Gasteiger charge is 2.22. The molecule has 1 fully saturated rings. The molecule has 2 heterocycles. The number of aromatic nitrogens is 2. The Balaban J connectivity index is 1.62. The van der Waals surface area contributed by atoms with E-state index in [1.807, 2.05) is 24.5 Å². The predicted octanol–water partition coefficient (Wildman–Crippen LogP) is 1.61. The summed E-state index contributed by atoms with van der Waals surface area (Å²) < 4.78 is 27.6. The Hall–Kier alpha value is -1.44. The maximum absolute atomic E-state index is 11.5. The lowest BCUT2D eigenvalue weighted by molar-refractivity contribution is 0.180. The van der Waals surface area contributed by atoms with Crippen LogP contribution in [0.5, 0.6) is 0 Å². The van der Waals surface area contributed by atoms with Crippen molar-refractivity contribution in [2.75, 3.05) is 32.4 Å². The molecule has 1 aromatic heterocycles. The number of piperidine rings is 1. The van der Waals surface area contributed by atoms with E-state index in [0.29, 0.717) is 12.5 Å². The zero-order chi connectivity index (χ0) is 16.3. The van der Waals surface area contributed by atoms with E-state index in [4.69, 9.17) is 0 Å². The Morgan fingerprint density at radius 3 is 3.00 bits per heavy atom. The number of hydrogen-bond donors (Lipinski definition) is 1. The van der Waals surface area contributed by atoms with Crippen molar-refractivity contribution in [3.8, 4) is 0 Å². The average Bonchev–Trinajstić information content (AvgIpc) is 2.99.